The maximum absolute atomic E-state index is 8.36. The lowest BCUT2D eigenvalue weighted by Gasteiger charge is -1.47. The standard InChI is InChI=1S/C3H5Br.CH2O2/c1-2-3-4;2-1-3/h2-3H,1H3;1H,(H,2,3). The molecule has 0 amide bonds. The maximum Gasteiger partial charge on any atom is 0.290 e. The summed E-state index contributed by atoms with van der Waals surface area (Å²) in [5.74, 6) is 0. The fraction of sp³-hybridized carbons (Fsp3) is 0.250. The molecule has 0 rings (SSSR count). The van der Waals surface area contributed by atoms with Crippen LogP contribution in [0.4, 0.5) is 0 Å². The van der Waals surface area contributed by atoms with Crippen LogP contribution in [0.1, 0.15) is 6.92 Å². The average molecular weight is 167 g/mol. The minimum absolute atomic E-state index is 0.250. The Hall–Kier alpha value is -0.310. The van der Waals surface area contributed by atoms with Crippen LogP contribution >= 0.6 is 15.9 Å². The number of hydrogen-bond donors (Lipinski definition) is 1. The number of carbonyl (C=O) groups is 1. The van der Waals surface area contributed by atoms with Crippen LogP contribution in [0.5, 0.6) is 0 Å². The number of hydrogen-bond acceptors (Lipinski definition) is 1. The molecule has 0 aromatic rings. The minimum atomic E-state index is -0.250. The van der Waals surface area contributed by atoms with Crippen LogP contribution in [0.3, 0.4) is 0 Å². The van der Waals surface area contributed by atoms with Gasteiger partial charge in [-0.05, 0) is 11.9 Å². The van der Waals surface area contributed by atoms with Crippen LogP contribution < -0.4 is 0 Å². The predicted molar refractivity (Wildman–Crippen MR) is 32.4 cm³/mol. The molecule has 7 heavy (non-hydrogen) atoms. The third-order valence-corrected chi connectivity index (χ3v) is 0.655. The molecule has 0 aromatic carbocycles. The van der Waals surface area contributed by atoms with Crippen LogP contribution in [-0.2, 0) is 4.79 Å². The molecule has 3 heteroatoms. The second-order valence-electron chi connectivity index (χ2n) is 0.565. The molecule has 0 aliphatic heterocycles. The lowest BCUT2D eigenvalue weighted by Crippen LogP contribution is -1.49. The maximum atomic E-state index is 8.36. The molecule has 0 bridgehead atoms. The Morgan fingerprint density at radius 3 is 1.86 bits per heavy atom. The van der Waals surface area contributed by atoms with E-state index in [-0.39, 0.29) is 6.47 Å². The van der Waals surface area contributed by atoms with E-state index < -0.39 is 0 Å². The van der Waals surface area contributed by atoms with Gasteiger partial charge in [-0.15, -0.1) is 0 Å². The Labute approximate surface area is 51.0 Å². The van der Waals surface area contributed by atoms with Crippen molar-refractivity contribution in [2.24, 2.45) is 0 Å². The second kappa shape index (κ2) is 17.3. The van der Waals surface area contributed by atoms with Gasteiger partial charge < -0.3 is 5.11 Å². The van der Waals surface area contributed by atoms with Crippen molar-refractivity contribution >= 4 is 22.4 Å². The topological polar surface area (TPSA) is 37.3 Å². The molecule has 0 saturated heterocycles. The fourth-order valence-electron chi connectivity index (χ4n) is 0. The van der Waals surface area contributed by atoms with Crippen molar-refractivity contribution < 1.29 is 9.90 Å². The highest BCUT2D eigenvalue weighted by Gasteiger charge is 1.36. The first-order chi connectivity index (χ1) is 3.33. The molecule has 0 spiro atoms. The highest BCUT2D eigenvalue weighted by molar-refractivity contribution is 9.11. The SMILES string of the molecule is CC=CBr.O=CO. The Morgan fingerprint density at radius 2 is 1.86 bits per heavy atom. The van der Waals surface area contributed by atoms with E-state index in [9.17, 15) is 0 Å². The molecule has 0 fully saturated rings. The van der Waals surface area contributed by atoms with Crippen molar-refractivity contribution in [2.45, 2.75) is 6.92 Å². The first-order valence-electron chi connectivity index (χ1n) is 1.62. The first kappa shape index (κ1) is 9.85. The van der Waals surface area contributed by atoms with Gasteiger partial charge in [0.05, 0.1) is 0 Å². The minimum Gasteiger partial charge on any atom is -0.483 e. The molecule has 0 aromatic heterocycles. The highest BCUT2D eigenvalue weighted by Crippen LogP contribution is 1.76. The van der Waals surface area contributed by atoms with E-state index in [1.165, 1.54) is 0 Å². The van der Waals surface area contributed by atoms with Crippen LogP contribution in [0.2, 0.25) is 0 Å². The summed E-state index contributed by atoms with van der Waals surface area (Å²) in [7, 11) is 0. The molecular weight excluding hydrogens is 160 g/mol. The van der Waals surface area contributed by atoms with E-state index in [0.717, 1.165) is 0 Å². The lowest BCUT2D eigenvalue weighted by molar-refractivity contribution is -0.122. The molecule has 0 radical (unpaired) electrons. The lowest BCUT2D eigenvalue weighted by atomic mass is 10.8. The normalized spacial score (nSPS) is 7.14. The molecule has 0 heterocycles. The van der Waals surface area contributed by atoms with Gasteiger partial charge in [-0.3, -0.25) is 4.79 Å². The highest BCUT2D eigenvalue weighted by atomic mass is 79.9. The van der Waals surface area contributed by atoms with Crippen molar-refractivity contribution in [3.8, 4) is 0 Å². The van der Waals surface area contributed by atoms with Gasteiger partial charge in [0, 0.05) is 0 Å². The van der Waals surface area contributed by atoms with Gasteiger partial charge in [0.15, 0.2) is 0 Å². The zero-order valence-electron chi connectivity index (χ0n) is 3.97. The smallest absolute Gasteiger partial charge is 0.290 e. The summed E-state index contributed by atoms with van der Waals surface area (Å²) in [4.78, 5) is 10.2. The number of halogens is 1. The van der Waals surface area contributed by atoms with Crippen molar-refractivity contribution in [1.82, 2.24) is 0 Å². The Balaban J connectivity index is 0. The molecule has 2 nitrogen and oxygen atoms in total. The summed E-state index contributed by atoms with van der Waals surface area (Å²) >= 11 is 3.07. The third-order valence-electron chi connectivity index (χ3n) is 0.126. The van der Waals surface area contributed by atoms with Crippen molar-refractivity contribution in [2.75, 3.05) is 0 Å². The monoisotopic (exact) mass is 166 g/mol. The van der Waals surface area contributed by atoms with E-state index in [4.69, 9.17) is 9.90 Å². The number of allylic oxidation sites excluding steroid dienone is 1. The van der Waals surface area contributed by atoms with E-state index >= 15 is 0 Å². The summed E-state index contributed by atoms with van der Waals surface area (Å²) < 4.78 is 0. The molecule has 0 atom stereocenters. The van der Waals surface area contributed by atoms with Gasteiger partial charge in [-0.25, -0.2) is 0 Å². The Bertz CT molecular complexity index is 47.7. The Kier molecular flexibility index (Phi) is 24.3. The van der Waals surface area contributed by atoms with Crippen molar-refractivity contribution in [3.05, 3.63) is 11.1 Å². The van der Waals surface area contributed by atoms with Gasteiger partial charge in [0.25, 0.3) is 6.47 Å². The van der Waals surface area contributed by atoms with Gasteiger partial charge in [-0.1, -0.05) is 22.0 Å². The third kappa shape index (κ3) is 163. The Morgan fingerprint density at radius 1 is 1.71 bits per heavy atom. The largest absolute Gasteiger partial charge is 0.483 e. The summed E-state index contributed by atoms with van der Waals surface area (Å²) in [5.41, 5.74) is 0. The zero-order chi connectivity index (χ0) is 6.12. The summed E-state index contributed by atoms with van der Waals surface area (Å²) in [6, 6.07) is 0. The quantitative estimate of drug-likeness (QED) is 0.556. The number of carboxylic acid groups (broad SMARTS) is 1. The van der Waals surface area contributed by atoms with Crippen LogP contribution in [-0.4, -0.2) is 11.6 Å². The van der Waals surface area contributed by atoms with Gasteiger partial charge >= 0.3 is 0 Å². The van der Waals surface area contributed by atoms with Gasteiger partial charge in [-0.2, -0.15) is 0 Å². The first-order valence-corrected chi connectivity index (χ1v) is 2.54. The van der Waals surface area contributed by atoms with Crippen LogP contribution in [0.25, 0.3) is 0 Å². The molecule has 0 aliphatic rings. The average Bonchev–Trinajstić information content (AvgIpc) is 1.69. The predicted octanol–water partition coefficient (Wildman–Crippen LogP) is 1.62. The summed E-state index contributed by atoms with van der Waals surface area (Å²) in [5, 5.41) is 6.89. The summed E-state index contributed by atoms with van der Waals surface area (Å²) in [6.45, 7) is 1.70. The van der Waals surface area contributed by atoms with E-state index in [1.807, 2.05) is 18.0 Å². The molecule has 0 saturated carbocycles. The van der Waals surface area contributed by atoms with Crippen LogP contribution in [0.15, 0.2) is 11.1 Å². The summed E-state index contributed by atoms with van der Waals surface area (Å²) in [6.07, 6.45) is 1.92. The van der Waals surface area contributed by atoms with Crippen LogP contribution in [0, 0.1) is 0 Å². The molecule has 1 N–H and O–H groups in total. The number of rotatable bonds is 0. The molecule has 0 unspecified atom stereocenters. The molecular formula is C4H7BrO2. The van der Waals surface area contributed by atoms with E-state index in [1.54, 1.807) is 0 Å². The molecule has 42 valence electrons. The molecule has 0 aliphatic carbocycles. The zero-order valence-corrected chi connectivity index (χ0v) is 5.55. The fourth-order valence-corrected chi connectivity index (χ4v) is 0. The second-order valence-corrected chi connectivity index (χ2v) is 1.09. The van der Waals surface area contributed by atoms with Gasteiger partial charge in [0.2, 0.25) is 0 Å². The van der Waals surface area contributed by atoms with Crippen molar-refractivity contribution in [1.29, 1.82) is 0 Å². The van der Waals surface area contributed by atoms with Crippen molar-refractivity contribution in [3.63, 3.8) is 0 Å². The van der Waals surface area contributed by atoms with Gasteiger partial charge in [0.1, 0.15) is 0 Å². The van der Waals surface area contributed by atoms with E-state index in [0.29, 0.717) is 0 Å². The van der Waals surface area contributed by atoms with E-state index in [2.05, 4.69) is 15.9 Å².